The highest BCUT2D eigenvalue weighted by molar-refractivity contribution is 7.48. The molecule has 0 aliphatic heterocycles. The Morgan fingerprint density at radius 2 is 1.04 bits per heavy atom. The summed E-state index contributed by atoms with van der Waals surface area (Å²) in [6, 6.07) is 28.2. The number of nitrogens with one attached hydrogen (secondary N) is 1. The molecule has 1 N–H and O–H groups in total. The van der Waals surface area contributed by atoms with E-state index in [1.54, 1.807) is 0 Å². The van der Waals surface area contributed by atoms with E-state index in [0.29, 0.717) is 12.2 Å². The van der Waals surface area contributed by atoms with Crippen LogP contribution in [0.1, 0.15) is 121 Å². The van der Waals surface area contributed by atoms with Gasteiger partial charge in [-0.05, 0) is 29.7 Å². The van der Waals surface area contributed by atoms with Crippen LogP contribution in [0.5, 0.6) is 5.75 Å². The summed E-state index contributed by atoms with van der Waals surface area (Å²) >= 11 is 0. The van der Waals surface area contributed by atoms with Gasteiger partial charge < -0.3 is 10.1 Å². The second-order valence-electron chi connectivity index (χ2n) is 12.8. The highest BCUT2D eigenvalue weighted by Gasteiger charge is 2.32. The number of unbranched alkanes of at least 4 members (excludes halogenated alkanes) is 14. The molecule has 0 heterocycles. The summed E-state index contributed by atoms with van der Waals surface area (Å²) in [5.41, 5.74) is 1.67. The number of para-hydroxylation sites is 1. The zero-order chi connectivity index (χ0) is 34.7. The van der Waals surface area contributed by atoms with Crippen molar-refractivity contribution in [1.29, 1.82) is 0 Å². The van der Waals surface area contributed by atoms with E-state index in [4.69, 9.17) is 18.3 Å². The maximum absolute atomic E-state index is 14.0. The van der Waals surface area contributed by atoms with Gasteiger partial charge in [0.1, 0.15) is 18.5 Å². The Morgan fingerprint density at radius 3 is 1.51 bits per heavy atom. The number of hydrogen-bond donors (Lipinski definition) is 1. The topological polar surface area (TPSA) is 83.1 Å². The van der Waals surface area contributed by atoms with Gasteiger partial charge in [-0.15, -0.1) is 0 Å². The van der Waals surface area contributed by atoms with Gasteiger partial charge in [0.25, 0.3) is 0 Å². The van der Waals surface area contributed by atoms with Crippen LogP contribution in [0.3, 0.4) is 0 Å². The first kappa shape index (κ1) is 40.5. The third kappa shape index (κ3) is 19.7. The van der Waals surface area contributed by atoms with Crippen molar-refractivity contribution in [2.75, 3.05) is 13.2 Å². The normalized spacial score (nSPS) is 12.1. The van der Waals surface area contributed by atoms with E-state index in [1.807, 2.05) is 91.0 Å². The van der Waals surface area contributed by atoms with Crippen LogP contribution in [-0.2, 0) is 36.1 Å². The first-order valence-corrected chi connectivity index (χ1v) is 20.1. The van der Waals surface area contributed by atoms with E-state index in [2.05, 4.69) is 12.2 Å². The largest absolute Gasteiger partial charge is 0.491 e. The molecule has 3 aromatic carbocycles. The summed E-state index contributed by atoms with van der Waals surface area (Å²) in [4.78, 5) is 12.8. The van der Waals surface area contributed by atoms with E-state index in [-0.39, 0.29) is 32.3 Å². The van der Waals surface area contributed by atoms with Gasteiger partial charge >= 0.3 is 7.82 Å². The van der Waals surface area contributed by atoms with Crippen LogP contribution in [0.2, 0.25) is 0 Å². The number of phosphoric acid groups is 1. The van der Waals surface area contributed by atoms with Crippen molar-refractivity contribution in [2.45, 2.75) is 129 Å². The van der Waals surface area contributed by atoms with Gasteiger partial charge in [-0.3, -0.25) is 18.4 Å². The Kier molecular flexibility index (Phi) is 21.4. The summed E-state index contributed by atoms with van der Waals surface area (Å²) in [5, 5.41) is 2.96. The molecule has 0 fully saturated rings. The van der Waals surface area contributed by atoms with Crippen molar-refractivity contribution in [3.05, 3.63) is 102 Å². The lowest BCUT2D eigenvalue weighted by molar-refractivity contribution is -0.121. The maximum atomic E-state index is 14.0. The number of ether oxygens (including phenoxy) is 1. The van der Waals surface area contributed by atoms with E-state index < -0.39 is 13.9 Å². The van der Waals surface area contributed by atoms with Gasteiger partial charge in [0.15, 0.2) is 0 Å². The zero-order valence-electron chi connectivity index (χ0n) is 29.8. The van der Waals surface area contributed by atoms with Gasteiger partial charge in [0.2, 0.25) is 5.91 Å². The lowest BCUT2D eigenvalue weighted by Crippen LogP contribution is -2.36. The molecule has 3 aromatic rings. The Bertz CT molecular complexity index is 1230. The number of rotatable bonds is 29. The van der Waals surface area contributed by atoms with Gasteiger partial charge in [0.05, 0.1) is 13.2 Å². The fourth-order valence-corrected chi connectivity index (χ4v) is 6.85. The van der Waals surface area contributed by atoms with Crippen molar-refractivity contribution in [3.8, 4) is 5.75 Å². The second-order valence-corrected chi connectivity index (χ2v) is 14.4. The standard InChI is InChI=1S/C41H60NO6P/c1-2-3-4-5-6-7-8-9-10-11-12-13-14-15-25-32-41(43)42-33-40(36-45-39-30-23-18-24-31-39)48-49(44,46-34-37-26-19-16-20-27-37)47-35-38-28-21-17-22-29-38/h16-24,26-31,40H,2-15,25,32-36H2,1H3,(H,42,43)/t40-/m0/s1. The molecular weight excluding hydrogens is 633 g/mol. The van der Waals surface area contributed by atoms with Crippen molar-refractivity contribution in [1.82, 2.24) is 5.32 Å². The molecule has 1 atom stereocenters. The van der Waals surface area contributed by atoms with Crippen LogP contribution in [0.15, 0.2) is 91.0 Å². The molecular formula is C41H60NO6P. The van der Waals surface area contributed by atoms with Crippen molar-refractivity contribution >= 4 is 13.7 Å². The maximum Gasteiger partial charge on any atom is 0.475 e. The quantitative estimate of drug-likeness (QED) is 0.0575. The molecule has 7 nitrogen and oxygen atoms in total. The lowest BCUT2D eigenvalue weighted by atomic mass is 10.0. The molecule has 0 aliphatic rings. The Balaban J connectivity index is 1.41. The number of carbonyl (C=O) groups excluding carboxylic acids is 1. The van der Waals surface area contributed by atoms with Crippen LogP contribution in [0.4, 0.5) is 0 Å². The van der Waals surface area contributed by atoms with E-state index >= 15 is 0 Å². The third-order valence-corrected chi connectivity index (χ3v) is 9.90. The van der Waals surface area contributed by atoms with E-state index in [9.17, 15) is 9.36 Å². The van der Waals surface area contributed by atoms with E-state index in [1.165, 1.54) is 77.0 Å². The van der Waals surface area contributed by atoms with Crippen molar-refractivity contribution in [3.63, 3.8) is 0 Å². The Labute approximate surface area is 296 Å². The number of phosphoric ester groups is 1. The van der Waals surface area contributed by atoms with Crippen LogP contribution in [0.25, 0.3) is 0 Å². The number of carbonyl (C=O) groups is 1. The molecule has 0 saturated heterocycles. The first-order chi connectivity index (χ1) is 24.1. The second kappa shape index (κ2) is 25.9. The molecule has 49 heavy (non-hydrogen) atoms. The average Bonchev–Trinajstić information content (AvgIpc) is 3.14. The van der Waals surface area contributed by atoms with Crippen molar-refractivity contribution in [2.24, 2.45) is 0 Å². The molecule has 1 amide bonds. The smallest absolute Gasteiger partial charge is 0.475 e. The van der Waals surface area contributed by atoms with Crippen LogP contribution >= 0.6 is 7.82 Å². The Morgan fingerprint density at radius 1 is 0.612 bits per heavy atom. The van der Waals surface area contributed by atoms with Crippen LogP contribution in [-0.4, -0.2) is 25.2 Å². The predicted molar refractivity (Wildman–Crippen MR) is 199 cm³/mol. The SMILES string of the molecule is CCCCCCCCCCCCCCCCCC(=O)NC[C@@H](COc1ccccc1)OP(=O)(OCc1ccccc1)OCc1ccccc1. The lowest BCUT2D eigenvalue weighted by Gasteiger charge is -2.25. The minimum absolute atomic E-state index is 0.0464. The minimum atomic E-state index is -4.07. The highest BCUT2D eigenvalue weighted by atomic mass is 31.2. The fraction of sp³-hybridized carbons (Fsp3) is 0.537. The average molecular weight is 694 g/mol. The monoisotopic (exact) mass is 693 g/mol. The summed E-state index contributed by atoms with van der Waals surface area (Å²) in [5.74, 6) is 0.582. The number of amides is 1. The molecule has 0 saturated carbocycles. The van der Waals surface area contributed by atoms with Crippen LogP contribution in [0, 0.1) is 0 Å². The minimum Gasteiger partial charge on any atom is -0.491 e. The summed E-state index contributed by atoms with van der Waals surface area (Å²) in [6.07, 6.45) is 18.9. The highest BCUT2D eigenvalue weighted by Crippen LogP contribution is 2.52. The number of hydrogen-bond acceptors (Lipinski definition) is 6. The van der Waals surface area contributed by atoms with Gasteiger partial charge in [-0.1, -0.05) is 176 Å². The molecule has 3 rings (SSSR count). The molecule has 270 valence electrons. The summed E-state index contributed by atoms with van der Waals surface area (Å²) in [6.45, 7) is 2.52. The zero-order valence-corrected chi connectivity index (χ0v) is 30.7. The van der Waals surface area contributed by atoms with Crippen molar-refractivity contribution < 1.29 is 27.7 Å². The molecule has 0 aliphatic carbocycles. The summed E-state index contributed by atoms with van der Waals surface area (Å²) < 4.78 is 37.7. The van der Waals surface area contributed by atoms with Crippen LogP contribution < -0.4 is 10.1 Å². The van der Waals surface area contributed by atoms with Gasteiger partial charge in [-0.2, -0.15) is 0 Å². The molecule has 0 unspecified atom stereocenters. The summed E-state index contributed by atoms with van der Waals surface area (Å²) in [7, 11) is -4.07. The van der Waals surface area contributed by atoms with Gasteiger partial charge in [0, 0.05) is 13.0 Å². The van der Waals surface area contributed by atoms with Gasteiger partial charge in [-0.25, -0.2) is 4.57 Å². The Hall–Kier alpha value is -2.96. The third-order valence-electron chi connectivity index (χ3n) is 8.46. The fourth-order valence-electron chi connectivity index (χ4n) is 5.54. The molecule has 0 spiro atoms. The number of benzene rings is 3. The first-order valence-electron chi connectivity index (χ1n) is 18.7. The molecule has 8 heteroatoms. The molecule has 0 bridgehead atoms. The predicted octanol–water partition coefficient (Wildman–Crippen LogP) is 11.4. The molecule has 0 radical (unpaired) electrons. The molecule has 0 aromatic heterocycles. The van der Waals surface area contributed by atoms with E-state index in [0.717, 1.165) is 30.4 Å².